The minimum Gasteiger partial charge on any atom is -0.494 e. The first-order valence-corrected chi connectivity index (χ1v) is 11.0. The van der Waals surface area contributed by atoms with Crippen molar-refractivity contribution in [3.63, 3.8) is 0 Å². The van der Waals surface area contributed by atoms with E-state index >= 15 is 0 Å². The lowest BCUT2D eigenvalue weighted by molar-refractivity contribution is -0.114. The van der Waals surface area contributed by atoms with E-state index in [1.54, 1.807) is 4.90 Å². The molecule has 1 atom stereocenters. The number of benzene rings is 3. The Hall–Kier alpha value is -3.44. The largest absolute Gasteiger partial charge is 0.494 e. The summed E-state index contributed by atoms with van der Waals surface area (Å²) in [4.78, 5) is 15.2. The number of nitrogens with zero attached hydrogens (tertiary/aromatic N) is 1. The molecule has 3 aromatic rings. The van der Waals surface area contributed by atoms with E-state index in [4.69, 9.17) is 21.1 Å². The van der Waals surface area contributed by atoms with Gasteiger partial charge in [-0.25, -0.2) is 0 Å². The second kappa shape index (κ2) is 9.79. The van der Waals surface area contributed by atoms with Gasteiger partial charge in [0.2, 0.25) is 0 Å². The Morgan fingerprint density at radius 3 is 1.97 bits per heavy atom. The highest BCUT2D eigenvalue weighted by molar-refractivity contribution is 6.30. The molecule has 4 rings (SSSR count). The molecule has 0 aliphatic carbocycles. The smallest absolute Gasteiger partial charge is 0.275 e. The predicted molar refractivity (Wildman–Crippen MR) is 129 cm³/mol. The zero-order chi connectivity index (χ0) is 22.5. The van der Waals surface area contributed by atoms with Crippen LogP contribution in [0.2, 0.25) is 5.02 Å². The van der Waals surface area contributed by atoms with Gasteiger partial charge < -0.3 is 14.8 Å². The predicted octanol–water partition coefficient (Wildman–Crippen LogP) is 6.22. The van der Waals surface area contributed by atoms with Crippen LogP contribution in [0.5, 0.6) is 11.5 Å². The van der Waals surface area contributed by atoms with Gasteiger partial charge in [-0.15, -0.1) is 0 Å². The van der Waals surface area contributed by atoms with Crippen molar-refractivity contribution >= 4 is 28.9 Å². The fourth-order valence-electron chi connectivity index (χ4n) is 3.66. The highest BCUT2D eigenvalue weighted by atomic mass is 35.5. The Kier molecular flexibility index (Phi) is 6.66. The van der Waals surface area contributed by atoms with Gasteiger partial charge in [-0.3, -0.25) is 9.69 Å². The second-order valence-electron chi connectivity index (χ2n) is 7.26. The summed E-state index contributed by atoms with van der Waals surface area (Å²) in [5.74, 6) is 1.45. The Morgan fingerprint density at radius 2 is 1.41 bits per heavy atom. The van der Waals surface area contributed by atoms with Crippen LogP contribution in [0.4, 0.5) is 11.4 Å². The molecule has 0 spiro atoms. The van der Waals surface area contributed by atoms with Crippen LogP contribution in [0.1, 0.15) is 25.5 Å². The van der Waals surface area contributed by atoms with Crippen molar-refractivity contribution in [1.82, 2.24) is 0 Å². The molecule has 0 unspecified atom stereocenters. The van der Waals surface area contributed by atoms with E-state index < -0.39 is 0 Å². The average Bonchev–Trinajstić information content (AvgIpc) is 3.12. The zero-order valence-electron chi connectivity index (χ0n) is 18.0. The van der Waals surface area contributed by atoms with E-state index in [1.165, 1.54) is 0 Å². The lowest BCUT2D eigenvalue weighted by Crippen LogP contribution is -2.30. The number of halogens is 1. The molecular formula is C26H25ClN2O3. The first kappa shape index (κ1) is 21.8. The summed E-state index contributed by atoms with van der Waals surface area (Å²) < 4.78 is 11.0. The molecule has 1 N–H and O–H groups in total. The van der Waals surface area contributed by atoms with Crippen molar-refractivity contribution in [2.45, 2.75) is 19.9 Å². The fraction of sp³-hybridized carbons (Fsp3) is 0.192. The van der Waals surface area contributed by atoms with E-state index in [9.17, 15) is 4.79 Å². The quantitative estimate of drug-likeness (QED) is 0.444. The molecule has 0 fully saturated rings. The number of carbonyl (C=O) groups excluding carboxylic acids is 1. The van der Waals surface area contributed by atoms with Crippen LogP contribution < -0.4 is 19.7 Å². The summed E-state index contributed by atoms with van der Waals surface area (Å²) in [6.07, 6.45) is 1.94. The molecule has 0 radical (unpaired) electrons. The maximum absolute atomic E-state index is 13.5. The van der Waals surface area contributed by atoms with Crippen molar-refractivity contribution in [1.29, 1.82) is 0 Å². The third-order valence-electron chi connectivity index (χ3n) is 5.13. The summed E-state index contributed by atoms with van der Waals surface area (Å²) in [7, 11) is 0. The minimum atomic E-state index is -0.261. The number of carbonyl (C=O) groups is 1. The number of amides is 1. The van der Waals surface area contributed by atoms with Crippen LogP contribution >= 0.6 is 11.6 Å². The number of nitrogens with one attached hydrogen (secondary N) is 1. The monoisotopic (exact) mass is 448 g/mol. The molecule has 1 aliphatic rings. The number of anilines is 2. The molecule has 0 saturated heterocycles. The standard InChI is InChI=1S/C26H25ClN2O3/c1-3-31-22-13-9-20(10-14-22)28-24-17-25(18-5-7-19(27)8-6-18)29(26(24)30)21-11-15-23(16-12-21)32-4-2/h5-17,25,28H,3-4H2,1-2H3/t25-/m0/s1. The minimum absolute atomic E-state index is 0.108. The number of hydrogen-bond acceptors (Lipinski definition) is 4. The fourth-order valence-corrected chi connectivity index (χ4v) is 3.79. The maximum atomic E-state index is 13.5. The molecule has 32 heavy (non-hydrogen) atoms. The van der Waals surface area contributed by atoms with Crippen LogP contribution in [0.3, 0.4) is 0 Å². The van der Waals surface area contributed by atoms with Gasteiger partial charge in [0.05, 0.1) is 19.3 Å². The van der Waals surface area contributed by atoms with Crippen molar-refractivity contribution in [2.75, 3.05) is 23.4 Å². The normalized spacial score (nSPS) is 15.5. The van der Waals surface area contributed by atoms with E-state index in [0.717, 1.165) is 28.4 Å². The van der Waals surface area contributed by atoms with Gasteiger partial charge in [-0.2, -0.15) is 0 Å². The van der Waals surface area contributed by atoms with E-state index in [1.807, 2.05) is 92.7 Å². The van der Waals surface area contributed by atoms with Gasteiger partial charge in [0.15, 0.2) is 0 Å². The molecule has 3 aromatic carbocycles. The topological polar surface area (TPSA) is 50.8 Å². The van der Waals surface area contributed by atoms with Gasteiger partial charge in [0.1, 0.15) is 17.2 Å². The van der Waals surface area contributed by atoms with Crippen molar-refractivity contribution in [3.05, 3.63) is 95.2 Å². The third-order valence-corrected chi connectivity index (χ3v) is 5.39. The van der Waals surface area contributed by atoms with Crippen LogP contribution in [0, 0.1) is 0 Å². The highest BCUT2D eigenvalue weighted by Crippen LogP contribution is 2.37. The third kappa shape index (κ3) is 4.73. The summed E-state index contributed by atoms with van der Waals surface area (Å²) >= 11 is 6.09. The number of hydrogen-bond donors (Lipinski definition) is 1. The maximum Gasteiger partial charge on any atom is 0.275 e. The molecular weight excluding hydrogens is 424 g/mol. The van der Waals surface area contributed by atoms with Crippen molar-refractivity contribution < 1.29 is 14.3 Å². The molecule has 1 amide bonds. The lowest BCUT2D eigenvalue weighted by Gasteiger charge is -2.25. The first-order valence-electron chi connectivity index (χ1n) is 10.6. The molecule has 5 nitrogen and oxygen atoms in total. The summed E-state index contributed by atoms with van der Waals surface area (Å²) in [5.41, 5.74) is 3.10. The molecule has 1 heterocycles. The van der Waals surface area contributed by atoms with E-state index in [2.05, 4.69) is 5.32 Å². The van der Waals surface area contributed by atoms with E-state index in [0.29, 0.717) is 23.9 Å². The summed E-state index contributed by atoms with van der Waals surface area (Å²) in [6, 6.07) is 22.4. The van der Waals surface area contributed by atoms with Gasteiger partial charge in [-0.1, -0.05) is 23.7 Å². The van der Waals surface area contributed by atoms with Crippen molar-refractivity contribution in [2.24, 2.45) is 0 Å². The highest BCUT2D eigenvalue weighted by Gasteiger charge is 2.34. The van der Waals surface area contributed by atoms with Gasteiger partial charge in [-0.05, 0) is 86.2 Å². The molecule has 6 heteroatoms. The van der Waals surface area contributed by atoms with Crippen LogP contribution in [-0.4, -0.2) is 19.1 Å². The molecule has 1 aliphatic heterocycles. The molecule has 0 saturated carbocycles. The zero-order valence-corrected chi connectivity index (χ0v) is 18.8. The van der Waals surface area contributed by atoms with Gasteiger partial charge in [0, 0.05) is 16.4 Å². The molecule has 164 valence electrons. The van der Waals surface area contributed by atoms with Gasteiger partial charge in [0.25, 0.3) is 5.91 Å². The Bertz CT molecular complexity index is 1090. The molecule has 0 aromatic heterocycles. The SMILES string of the molecule is CCOc1ccc(NC2=C[C@@H](c3ccc(Cl)cc3)N(c3ccc(OCC)cc3)C2=O)cc1. The average molecular weight is 449 g/mol. The molecule has 0 bridgehead atoms. The summed E-state index contributed by atoms with van der Waals surface area (Å²) in [5, 5.41) is 3.92. The van der Waals surface area contributed by atoms with Crippen LogP contribution in [-0.2, 0) is 4.79 Å². The first-order chi connectivity index (χ1) is 15.6. The van der Waals surface area contributed by atoms with Crippen LogP contribution in [0.25, 0.3) is 0 Å². The second-order valence-corrected chi connectivity index (χ2v) is 7.70. The van der Waals surface area contributed by atoms with Gasteiger partial charge >= 0.3 is 0 Å². The number of rotatable bonds is 8. The lowest BCUT2D eigenvalue weighted by atomic mass is 10.1. The van der Waals surface area contributed by atoms with E-state index in [-0.39, 0.29) is 11.9 Å². The van der Waals surface area contributed by atoms with Crippen LogP contribution in [0.15, 0.2) is 84.6 Å². The number of ether oxygens (including phenoxy) is 2. The Morgan fingerprint density at radius 1 is 0.844 bits per heavy atom. The Balaban J connectivity index is 1.64. The Labute approximate surface area is 193 Å². The van der Waals surface area contributed by atoms with Crippen molar-refractivity contribution in [3.8, 4) is 11.5 Å². The summed E-state index contributed by atoms with van der Waals surface area (Å²) in [6.45, 7) is 5.08.